The SMILES string of the molecule is CN=C(NCCC(=O)N1CCN(c2ccccn2)CC1)N(C)Cc1ccccc1C. The molecule has 0 spiro atoms. The van der Waals surface area contributed by atoms with Crippen molar-refractivity contribution in [3.8, 4) is 0 Å². The lowest BCUT2D eigenvalue weighted by atomic mass is 10.1. The summed E-state index contributed by atoms with van der Waals surface area (Å²) in [6, 6.07) is 14.3. The molecule has 1 aliphatic heterocycles. The first-order valence-electron chi connectivity index (χ1n) is 10.5. The number of aliphatic imine (C=N–C) groups is 1. The second kappa shape index (κ2) is 10.6. The number of rotatable bonds is 6. The standard InChI is InChI=1S/C23H32N6O/c1-19-8-4-5-9-20(19)18-27(3)23(24-2)26-13-11-22(30)29-16-14-28(15-17-29)21-10-6-7-12-25-21/h4-10,12H,11,13-18H2,1-3H3,(H,24,26). The molecular formula is C23H32N6O. The predicted octanol–water partition coefficient (Wildman–Crippen LogP) is 2.14. The van der Waals surface area contributed by atoms with Crippen LogP contribution >= 0.6 is 0 Å². The highest BCUT2D eigenvalue weighted by atomic mass is 16.2. The van der Waals surface area contributed by atoms with E-state index < -0.39 is 0 Å². The Morgan fingerprint density at radius 3 is 2.53 bits per heavy atom. The summed E-state index contributed by atoms with van der Waals surface area (Å²) >= 11 is 0. The van der Waals surface area contributed by atoms with Gasteiger partial charge in [-0.2, -0.15) is 0 Å². The summed E-state index contributed by atoms with van der Waals surface area (Å²) < 4.78 is 0. The second-order valence-corrected chi connectivity index (χ2v) is 7.56. The van der Waals surface area contributed by atoms with E-state index in [1.807, 2.05) is 42.4 Å². The van der Waals surface area contributed by atoms with Crippen molar-refractivity contribution in [3.05, 3.63) is 59.8 Å². The van der Waals surface area contributed by atoms with Crippen LogP contribution in [-0.4, -0.2) is 73.5 Å². The molecule has 1 N–H and O–H groups in total. The number of nitrogens with one attached hydrogen (secondary N) is 1. The average molecular weight is 409 g/mol. The Labute approximate surface area is 179 Å². The molecule has 160 valence electrons. The number of hydrogen-bond donors (Lipinski definition) is 1. The van der Waals surface area contributed by atoms with Crippen molar-refractivity contribution in [2.75, 3.05) is 51.7 Å². The van der Waals surface area contributed by atoms with Gasteiger partial charge in [-0.05, 0) is 30.2 Å². The van der Waals surface area contributed by atoms with E-state index in [1.165, 1.54) is 11.1 Å². The van der Waals surface area contributed by atoms with Crippen molar-refractivity contribution in [3.63, 3.8) is 0 Å². The van der Waals surface area contributed by atoms with E-state index in [9.17, 15) is 4.79 Å². The van der Waals surface area contributed by atoms with Crippen molar-refractivity contribution < 1.29 is 4.79 Å². The minimum atomic E-state index is 0.181. The van der Waals surface area contributed by atoms with E-state index in [1.54, 1.807) is 7.05 Å². The molecule has 0 atom stereocenters. The van der Waals surface area contributed by atoms with Crippen LogP contribution < -0.4 is 10.2 Å². The third kappa shape index (κ3) is 5.72. The number of guanidine groups is 1. The van der Waals surface area contributed by atoms with Crippen molar-refractivity contribution in [2.24, 2.45) is 4.99 Å². The first-order chi connectivity index (χ1) is 14.6. The van der Waals surface area contributed by atoms with E-state index in [-0.39, 0.29) is 5.91 Å². The summed E-state index contributed by atoms with van der Waals surface area (Å²) in [6.45, 7) is 6.56. The Morgan fingerprint density at radius 2 is 1.87 bits per heavy atom. The van der Waals surface area contributed by atoms with E-state index in [4.69, 9.17) is 0 Å². The molecular weight excluding hydrogens is 376 g/mol. The number of benzene rings is 1. The number of pyridine rings is 1. The van der Waals surface area contributed by atoms with E-state index in [2.05, 4.69) is 50.2 Å². The zero-order chi connectivity index (χ0) is 21.3. The van der Waals surface area contributed by atoms with Gasteiger partial charge in [0.25, 0.3) is 0 Å². The van der Waals surface area contributed by atoms with Gasteiger partial charge in [-0.3, -0.25) is 9.79 Å². The summed E-state index contributed by atoms with van der Waals surface area (Å²) in [4.78, 5) is 27.6. The molecule has 2 aromatic rings. The number of hydrogen-bond acceptors (Lipinski definition) is 4. The number of aromatic nitrogens is 1. The molecule has 1 aliphatic rings. The lowest BCUT2D eigenvalue weighted by molar-refractivity contribution is -0.131. The summed E-state index contributed by atoms with van der Waals surface area (Å²) in [5.41, 5.74) is 2.53. The molecule has 0 unspecified atom stereocenters. The summed E-state index contributed by atoms with van der Waals surface area (Å²) in [5.74, 6) is 1.96. The molecule has 7 nitrogen and oxygen atoms in total. The van der Waals surface area contributed by atoms with Gasteiger partial charge < -0.3 is 20.0 Å². The van der Waals surface area contributed by atoms with Gasteiger partial charge in [-0.15, -0.1) is 0 Å². The molecule has 1 aromatic heterocycles. The van der Waals surface area contributed by atoms with Crippen LogP contribution in [0.15, 0.2) is 53.7 Å². The van der Waals surface area contributed by atoms with Crippen LogP contribution in [-0.2, 0) is 11.3 Å². The fourth-order valence-corrected chi connectivity index (χ4v) is 3.67. The summed E-state index contributed by atoms with van der Waals surface area (Å²) in [5, 5.41) is 3.32. The largest absolute Gasteiger partial charge is 0.356 e. The van der Waals surface area contributed by atoms with Gasteiger partial charge in [0, 0.05) is 66.0 Å². The Bertz CT molecular complexity index is 846. The molecule has 30 heavy (non-hydrogen) atoms. The number of piperazine rings is 1. The molecule has 1 fully saturated rings. The van der Waals surface area contributed by atoms with Gasteiger partial charge in [0.05, 0.1) is 0 Å². The molecule has 2 heterocycles. The molecule has 3 rings (SSSR count). The number of nitrogens with zero attached hydrogens (tertiary/aromatic N) is 5. The minimum absolute atomic E-state index is 0.181. The quantitative estimate of drug-likeness (QED) is 0.586. The number of amides is 1. The van der Waals surface area contributed by atoms with Crippen LogP contribution in [0, 0.1) is 6.92 Å². The molecule has 1 aromatic carbocycles. The van der Waals surface area contributed by atoms with Crippen molar-refractivity contribution in [1.82, 2.24) is 20.1 Å². The van der Waals surface area contributed by atoms with Crippen molar-refractivity contribution in [1.29, 1.82) is 0 Å². The predicted molar refractivity (Wildman–Crippen MR) is 122 cm³/mol. The number of carbonyl (C=O) groups is 1. The number of aryl methyl sites for hydroxylation is 1. The van der Waals surface area contributed by atoms with Gasteiger partial charge in [0.15, 0.2) is 5.96 Å². The number of carbonyl (C=O) groups excluding carboxylic acids is 1. The molecule has 0 radical (unpaired) electrons. The van der Waals surface area contributed by atoms with Crippen LogP contribution in [0.5, 0.6) is 0 Å². The van der Waals surface area contributed by atoms with Gasteiger partial charge in [-0.25, -0.2) is 4.98 Å². The number of anilines is 1. The monoisotopic (exact) mass is 408 g/mol. The first kappa shape index (κ1) is 21.6. The fourth-order valence-electron chi connectivity index (χ4n) is 3.67. The van der Waals surface area contributed by atoms with Crippen LogP contribution in [0.3, 0.4) is 0 Å². The summed E-state index contributed by atoms with van der Waals surface area (Å²) in [7, 11) is 3.79. The molecule has 7 heteroatoms. The Kier molecular flexibility index (Phi) is 7.65. The average Bonchev–Trinajstić information content (AvgIpc) is 2.79. The Balaban J connectivity index is 1.42. The van der Waals surface area contributed by atoms with Gasteiger partial charge in [0.2, 0.25) is 5.91 Å². The van der Waals surface area contributed by atoms with Crippen molar-refractivity contribution in [2.45, 2.75) is 19.9 Å². The third-order valence-corrected chi connectivity index (χ3v) is 5.47. The summed E-state index contributed by atoms with van der Waals surface area (Å²) in [6.07, 6.45) is 2.27. The Morgan fingerprint density at radius 1 is 1.13 bits per heavy atom. The normalized spacial score (nSPS) is 14.6. The van der Waals surface area contributed by atoms with E-state index in [0.717, 1.165) is 44.5 Å². The third-order valence-electron chi connectivity index (χ3n) is 5.47. The maximum Gasteiger partial charge on any atom is 0.224 e. The zero-order valence-corrected chi connectivity index (χ0v) is 18.2. The molecule has 0 aliphatic carbocycles. The topological polar surface area (TPSA) is 64.1 Å². The lowest BCUT2D eigenvalue weighted by Crippen LogP contribution is -2.49. The minimum Gasteiger partial charge on any atom is -0.356 e. The van der Waals surface area contributed by atoms with E-state index >= 15 is 0 Å². The van der Waals surface area contributed by atoms with Crippen LogP contribution in [0.25, 0.3) is 0 Å². The lowest BCUT2D eigenvalue weighted by Gasteiger charge is -2.35. The maximum atomic E-state index is 12.6. The van der Waals surface area contributed by atoms with Gasteiger partial charge >= 0.3 is 0 Å². The highest BCUT2D eigenvalue weighted by Crippen LogP contribution is 2.13. The highest BCUT2D eigenvalue weighted by Gasteiger charge is 2.21. The fraction of sp³-hybridized carbons (Fsp3) is 0.435. The molecule has 0 saturated carbocycles. The van der Waals surface area contributed by atoms with Gasteiger partial charge in [0.1, 0.15) is 5.82 Å². The van der Waals surface area contributed by atoms with Crippen LogP contribution in [0.2, 0.25) is 0 Å². The van der Waals surface area contributed by atoms with Crippen LogP contribution in [0.4, 0.5) is 5.82 Å². The first-order valence-corrected chi connectivity index (χ1v) is 10.5. The Hall–Kier alpha value is -3.09. The highest BCUT2D eigenvalue weighted by molar-refractivity contribution is 5.81. The molecule has 1 saturated heterocycles. The molecule has 0 bridgehead atoms. The van der Waals surface area contributed by atoms with Crippen LogP contribution in [0.1, 0.15) is 17.5 Å². The second-order valence-electron chi connectivity index (χ2n) is 7.56. The van der Waals surface area contributed by atoms with Crippen molar-refractivity contribution >= 4 is 17.7 Å². The molecule has 1 amide bonds. The van der Waals surface area contributed by atoms with E-state index in [0.29, 0.717) is 13.0 Å². The zero-order valence-electron chi connectivity index (χ0n) is 18.2. The smallest absolute Gasteiger partial charge is 0.224 e. The van der Waals surface area contributed by atoms with Gasteiger partial charge in [-0.1, -0.05) is 30.3 Å². The maximum absolute atomic E-state index is 12.6.